The normalized spacial score (nSPS) is 17.0. The highest BCUT2D eigenvalue weighted by molar-refractivity contribution is 6.02. The molecule has 0 aromatic heterocycles. The molecule has 8 nitrogen and oxygen atoms in total. The maximum Gasteiger partial charge on any atom is 0.407 e. The Morgan fingerprint density at radius 1 is 1.46 bits per heavy atom. The lowest BCUT2D eigenvalue weighted by molar-refractivity contribution is -0.0413. The van der Waals surface area contributed by atoms with Gasteiger partial charge in [0, 0.05) is 6.54 Å². The standard InChI is InChI=1S/C16H18N2O6/c1-22-13-3-2-4-14(15(13)12(19)5-6-17)24-10-11-9-18(16(20)21)7-8-23-11/h2-4,11H,5,7-10H2,1H3,(H,20,21)/t11-/m0/s1. The highest BCUT2D eigenvalue weighted by atomic mass is 16.5. The van der Waals surface area contributed by atoms with Crippen LogP contribution in [-0.4, -0.2) is 61.4 Å². The maximum atomic E-state index is 12.1. The van der Waals surface area contributed by atoms with Crippen molar-refractivity contribution in [2.75, 3.05) is 33.4 Å². The number of ketones is 1. The van der Waals surface area contributed by atoms with Gasteiger partial charge in [-0.1, -0.05) is 6.07 Å². The number of nitriles is 1. The lowest BCUT2D eigenvalue weighted by atomic mass is 10.1. The molecule has 1 aromatic carbocycles. The molecule has 0 radical (unpaired) electrons. The molecule has 1 aliphatic rings. The number of amides is 1. The van der Waals surface area contributed by atoms with Gasteiger partial charge in [0.1, 0.15) is 29.8 Å². The number of hydrogen-bond acceptors (Lipinski definition) is 6. The van der Waals surface area contributed by atoms with Gasteiger partial charge in [-0.15, -0.1) is 0 Å². The minimum atomic E-state index is -1.01. The molecule has 1 saturated heterocycles. The lowest BCUT2D eigenvalue weighted by Crippen LogP contribution is -2.47. The molecular formula is C16H18N2O6. The Morgan fingerprint density at radius 3 is 2.88 bits per heavy atom. The number of methoxy groups -OCH3 is 1. The number of nitrogens with zero attached hydrogens (tertiary/aromatic N) is 2. The summed E-state index contributed by atoms with van der Waals surface area (Å²) in [6.45, 7) is 0.889. The van der Waals surface area contributed by atoms with Crippen LogP contribution in [0.25, 0.3) is 0 Å². The lowest BCUT2D eigenvalue weighted by Gasteiger charge is -2.31. The van der Waals surface area contributed by atoms with Crippen LogP contribution in [-0.2, 0) is 4.74 Å². The zero-order valence-corrected chi connectivity index (χ0v) is 13.2. The molecule has 0 unspecified atom stereocenters. The molecule has 0 aliphatic carbocycles. The second-order valence-corrected chi connectivity index (χ2v) is 5.12. The van der Waals surface area contributed by atoms with Crippen LogP contribution in [0.3, 0.4) is 0 Å². The van der Waals surface area contributed by atoms with Crippen molar-refractivity contribution in [3.8, 4) is 17.6 Å². The predicted molar refractivity (Wildman–Crippen MR) is 82.4 cm³/mol. The van der Waals surface area contributed by atoms with Gasteiger partial charge < -0.3 is 24.2 Å². The number of hydrogen-bond donors (Lipinski definition) is 1. The Labute approximate surface area is 139 Å². The van der Waals surface area contributed by atoms with Gasteiger partial charge in [-0.3, -0.25) is 4.79 Å². The largest absolute Gasteiger partial charge is 0.496 e. The fourth-order valence-corrected chi connectivity index (χ4v) is 2.41. The van der Waals surface area contributed by atoms with E-state index in [0.29, 0.717) is 18.9 Å². The number of carboxylic acid groups (broad SMARTS) is 1. The summed E-state index contributed by atoms with van der Waals surface area (Å²) < 4.78 is 16.3. The molecule has 1 amide bonds. The summed E-state index contributed by atoms with van der Waals surface area (Å²) in [5, 5.41) is 17.8. The Bertz CT molecular complexity index is 654. The molecule has 1 atom stereocenters. The average molecular weight is 334 g/mol. The predicted octanol–water partition coefficient (Wildman–Crippen LogP) is 1.55. The van der Waals surface area contributed by atoms with Crippen molar-refractivity contribution in [1.29, 1.82) is 5.26 Å². The monoisotopic (exact) mass is 334 g/mol. The van der Waals surface area contributed by atoms with Gasteiger partial charge in [0.15, 0.2) is 5.78 Å². The number of carbonyl (C=O) groups is 2. The Morgan fingerprint density at radius 2 is 2.21 bits per heavy atom. The molecule has 1 N–H and O–H groups in total. The number of Topliss-reactive ketones (excluding diaryl/α,β-unsaturated/α-hetero) is 1. The third kappa shape index (κ3) is 4.14. The van der Waals surface area contributed by atoms with Gasteiger partial charge in [-0.2, -0.15) is 5.26 Å². The van der Waals surface area contributed by atoms with Crippen LogP contribution in [0.1, 0.15) is 16.8 Å². The summed E-state index contributed by atoms with van der Waals surface area (Å²) in [7, 11) is 1.43. The summed E-state index contributed by atoms with van der Waals surface area (Å²) in [6, 6.07) is 6.69. The van der Waals surface area contributed by atoms with E-state index in [9.17, 15) is 9.59 Å². The minimum absolute atomic E-state index is 0.0871. The molecule has 0 bridgehead atoms. The van der Waals surface area contributed by atoms with Gasteiger partial charge in [0.2, 0.25) is 0 Å². The second kappa shape index (κ2) is 8.17. The van der Waals surface area contributed by atoms with Crippen LogP contribution in [0.4, 0.5) is 4.79 Å². The quantitative estimate of drug-likeness (QED) is 0.786. The average Bonchev–Trinajstić information content (AvgIpc) is 2.59. The molecule has 0 saturated carbocycles. The van der Waals surface area contributed by atoms with E-state index in [0.717, 1.165) is 0 Å². The number of rotatable bonds is 6. The van der Waals surface area contributed by atoms with E-state index in [1.165, 1.54) is 12.0 Å². The minimum Gasteiger partial charge on any atom is -0.496 e. The third-order valence-corrected chi connectivity index (χ3v) is 3.56. The van der Waals surface area contributed by atoms with Crippen LogP contribution in [0.5, 0.6) is 11.5 Å². The Kier molecular flexibility index (Phi) is 5.98. The van der Waals surface area contributed by atoms with Crippen LogP contribution >= 0.6 is 0 Å². The van der Waals surface area contributed by atoms with Crippen molar-refractivity contribution in [2.24, 2.45) is 0 Å². The zero-order chi connectivity index (χ0) is 17.5. The maximum absolute atomic E-state index is 12.1. The van der Waals surface area contributed by atoms with Crippen molar-refractivity contribution in [2.45, 2.75) is 12.5 Å². The Hall–Kier alpha value is -2.79. The molecule has 24 heavy (non-hydrogen) atoms. The number of ether oxygens (including phenoxy) is 3. The van der Waals surface area contributed by atoms with E-state index in [1.807, 2.05) is 6.07 Å². The van der Waals surface area contributed by atoms with E-state index < -0.39 is 18.0 Å². The van der Waals surface area contributed by atoms with Crippen LogP contribution < -0.4 is 9.47 Å². The molecule has 128 valence electrons. The highest BCUT2D eigenvalue weighted by Crippen LogP contribution is 2.30. The highest BCUT2D eigenvalue weighted by Gasteiger charge is 2.25. The summed E-state index contributed by atoms with van der Waals surface area (Å²) in [5.74, 6) is 0.205. The van der Waals surface area contributed by atoms with Crippen LogP contribution in [0, 0.1) is 11.3 Å². The summed E-state index contributed by atoms with van der Waals surface area (Å²) in [5.41, 5.74) is 0.201. The van der Waals surface area contributed by atoms with Crippen molar-refractivity contribution in [3.05, 3.63) is 23.8 Å². The van der Waals surface area contributed by atoms with Gasteiger partial charge in [-0.05, 0) is 12.1 Å². The number of benzene rings is 1. The molecule has 1 aromatic rings. The van der Waals surface area contributed by atoms with Crippen LogP contribution in [0.2, 0.25) is 0 Å². The summed E-state index contributed by atoms with van der Waals surface area (Å²) in [4.78, 5) is 24.4. The van der Waals surface area contributed by atoms with E-state index in [4.69, 9.17) is 24.6 Å². The smallest absolute Gasteiger partial charge is 0.407 e. The van der Waals surface area contributed by atoms with Gasteiger partial charge in [0.25, 0.3) is 0 Å². The van der Waals surface area contributed by atoms with E-state index >= 15 is 0 Å². The van der Waals surface area contributed by atoms with E-state index in [2.05, 4.69) is 0 Å². The molecule has 0 spiro atoms. The van der Waals surface area contributed by atoms with Crippen molar-refractivity contribution in [1.82, 2.24) is 4.90 Å². The molecule has 1 fully saturated rings. The Balaban J connectivity index is 2.10. The first-order valence-electron chi connectivity index (χ1n) is 7.36. The molecule has 2 rings (SSSR count). The van der Waals surface area contributed by atoms with E-state index in [1.54, 1.807) is 18.2 Å². The van der Waals surface area contributed by atoms with Crippen molar-refractivity contribution < 1.29 is 28.9 Å². The van der Waals surface area contributed by atoms with Gasteiger partial charge in [-0.25, -0.2) is 4.79 Å². The fraction of sp³-hybridized carbons (Fsp3) is 0.438. The first-order valence-corrected chi connectivity index (χ1v) is 7.36. The topological polar surface area (TPSA) is 109 Å². The molecular weight excluding hydrogens is 316 g/mol. The van der Waals surface area contributed by atoms with Crippen LogP contribution in [0.15, 0.2) is 18.2 Å². The summed E-state index contributed by atoms with van der Waals surface area (Å²) >= 11 is 0. The number of morpholine rings is 1. The van der Waals surface area contributed by atoms with Crippen molar-refractivity contribution >= 4 is 11.9 Å². The third-order valence-electron chi connectivity index (χ3n) is 3.56. The summed E-state index contributed by atoms with van der Waals surface area (Å²) in [6.07, 6.45) is -1.72. The van der Waals surface area contributed by atoms with E-state index in [-0.39, 0.29) is 30.9 Å². The number of carbonyl (C=O) groups excluding carboxylic acids is 1. The second-order valence-electron chi connectivity index (χ2n) is 5.12. The van der Waals surface area contributed by atoms with Gasteiger partial charge in [0.05, 0.1) is 32.8 Å². The SMILES string of the molecule is COc1cccc(OC[C@@H]2CN(C(=O)O)CCO2)c1C(=O)CC#N. The molecule has 1 heterocycles. The zero-order valence-electron chi connectivity index (χ0n) is 13.2. The van der Waals surface area contributed by atoms with Crippen molar-refractivity contribution in [3.63, 3.8) is 0 Å². The molecule has 8 heteroatoms. The van der Waals surface area contributed by atoms with Gasteiger partial charge >= 0.3 is 6.09 Å². The first-order chi connectivity index (χ1) is 11.6. The fourth-order valence-electron chi connectivity index (χ4n) is 2.41. The molecule has 1 aliphatic heterocycles. The first kappa shape index (κ1) is 17.6.